The van der Waals surface area contributed by atoms with Gasteiger partial charge in [-0.05, 0) is 27.4 Å². The minimum atomic E-state index is -0.990. The van der Waals surface area contributed by atoms with Crippen LogP contribution in [0.5, 0.6) is 0 Å². The third-order valence-electron chi connectivity index (χ3n) is 3.80. The number of hydrogen-bond donors (Lipinski definition) is 1. The summed E-state index contributed by atoms with van der Waals surface area (Å²) in [6, 6.07) is -0.793. The van der Waals surface area contributed by atoms with E-state index >= 15 is 0 Å². The van der Waals surface area contributed by atoms with Gasteiger partial charge in [0.25, 0.3) is 0 Å². The minimum absolute atomic E-state index is 0.0733. The van der Waals surface area contributed by atoms with Crippen molar-refractivity contribution < 1.29 is 19.5 Å². The van der Waals surface area contributed by atoms with Crippen LogP contribution in [-0.4, -0.2) is 83.4 Å². The zero-order chi connectivity index (χ0) is 16.2. The Balaban J connectivity index is 2.85. The molecule has 0 radical (unpaired) electrons. The average Bonchev–Trinajstić information content (AvgIpc) is 2.68. The number of nitrogens with zero attached hydrogens (tertiary/aromatic N) is 3. The summed E-state index contributed by atoms with van der Waals surface area (Å²) < 4.78 is 0. The maximum Gasteiger partial charge on any atom is 0.317 e. The number of likely N-dealkylation sites (N-methyl/N-ethyl adjacent to an activating group) is 1. The van der Waals surface area contributed by atoms with Crippen LogP contribution in [0.3, 0.4) is 0 Å². The van der Waals surface area contributed by atoms with Crippen molar-refractivity contribution in [3.8, 4) is 0 Å². The van der Waals surface area contributed by atoms with E-state index in [0.29, 0.717) is 19.5 Å². The van der Waals surface area contributed by atoms with E-state index in [0.717, 1.165) is 0 Å². The molecule has 0 aromatic carbocycles. The van der Waals surface area contributed by atoms with Gasteiger partial charge < -0.3 is 10.0 Å². The standard InChI is InChI=1S/C14H25N3O4/c1-5-10(2)17-12(18)8-11(14(17)21)16(9-13(19)20)7-6-15(3)4/h10-11H,5-9H2,1-4H3,(H,19,20). The van der Waals surface area contributed by atoms with Gasteiger partial charge in [-0.2, -0.15) is 0 Å². The Hall–Kier alpha value is -1.47. The maximum atomic E-state index is 12.4. The Morgan fingerprint density at radius 2 is 2.00 bits per heavy atom. The summed E-state index contributed by atoms with van der Waals surface area (Å²) in [5.74, 6) is -1.47. The third-order valence-corrected chi connectivity index (χ3v) is 3.80. The second-order valence-electron chi connectivity index (χ2n) is 5.75. The molecule has 1 fully saturated rings. The molecule has 2 unspecified atom stereocenters. The number of amides is 2. The quantitative estimate of drug-likeness (QED) is 0.628. The molecule has 0 bridgehead atoms. The summed E-state index contributed by atoms with van der Waals surface area (Å²) in [4.78, 5) is 40.3. The minimum Gasteiger partial charge on any atom is -0.480 e. The third kappa shape index (κ3) is 4.50. The highest BCUT2D eigenvalue weighted by molar-refractivity contribution is 6.06. The number of aliphatic carboxylic acids is 1. The highest BCUT2D eigenvalue weighted by Crippen LogP contribution is 2.22. The van der Waals surface area contributed by atoms with Gasteiger partial charge in [0.2, 0.25) is 11.8 Å². The Kier molecular flexibility index (Phi) is 6.29. The van der Waals surface area contributed by atoms with Gasteiger partial charge in [0.15, 0.2) is 0 Å². The number of carbonyl (C=O) groups excluding carboxylic acids is 2. The molecule has 2 atom stereocenters. The van der Waals surface area contributed by atoms with Gasteiger partial charge in [-0.15, -0.1) is 0 Å². The first kappa shape index (κ1) is 17.6. The molecule has 1 N–H and O–H groups in total. The van der Waals surface area contributed by atoms with E-state index in [9.17, 15) is 14.4 Å². The first-order chi connectivity index (χ1) is 9.77. The predicted octanol–water partition coefficient (Wildman–Crippen LogP) is -0.139. The Labute approximate surface area is 125 Å². The van der Waals surface area contributed by atoms with E-state index in [1.165, 1.54) is 4.90 Å². The summed E-state index contributed by atoms with van der Waals surface area (Å²) in [5, 5.41) is 9.02. The SMILES string of the molecule is CCC(C)N1C(=O)CC(N(CCN(C)C)CC(=O)O)C1=O. The van der Waals surface area contributed by atoms with Crippen LogP contribution in [0.25, 0.3) is 0 Å². The molecule has 2 amide bonds. The molecule has 7 nitrogen and oxygen atoms in total. The van der Waals surface area contributed by atoms with Crippen LogP contribution in [0.2, 0.25) is 0 Å². The van der Waals surface area contributed by atoms with Crippen molar-refractivity contribution >= 4 is 17.8 Å². The van der Waals surface area contributed by atoms with Crippen LogP contribution in [0.15, 0.2) is 0 Å². The van der Waals surface area contributed by atoms with Crippen molar-refractivity contribution in [1.82, 2.24) is 14.7 Å². The zero-order valence-electron chi connectivity index (χ0n) is 13.2. The topological polar surface area (TPSA) is 81.2 Å². The Morgan fingerprint density at radius 3 is 2.48 bits per heavy atom. The van der Waals surface area contributed by atoms with Crippen LogP contribution >= 0.6 is 0 Å². The van der Waals surface area contributed by atoms with Crippen LogP contribution < -0.4 is 0 Å². The number of imide groups is 1. The number of carbonyl (C=O) groups is 3. The molecule has 1 saturated heterocycles. The van der Waals surface area contributed by atoms with Crippen LogP contribution in [0.4, 0.5) is 0 Å². The summed E-state index contributed by atoms with van der Waals surface area (Å²) in [7, 11) is 3.76. The van der Waals surface area contributed by atoms with Gasteiger partial charge in [-0.1, -0.05) is 6.92 Å². The zero-order valence-corrected chi connectivity index (χ0v) is 13.2. The number of rotatable bonds is 8. The summed E-state index contributed by atoms with van der Waals surface area (Å²) in [5.41, 5.74) is 0. The molecule has 1 aliphatic heterocycles. The smallest absolute Gasteiger partial charge is 0.317 e. The molecule has 1 rings (SSSR count). The highest BCUT2D eigenvalue weighted by Gasteiger charge is 2.43. The second kappa shape index (κ2) is 7.51. The summed E-state index contributed by atoms with van der Waals surface area (Å²) in [6.45, 7) is 4.59. The van der Waals surface area contributed by atoms with Crippen molar-refractivity contribution in [2.24, 2.45) is 0 Å². The van der Waals surface area contributed by atoms with E-state index in [1.54, 1.807) is 4.90 Å². The van der Waals surface area contributed by atoms with Crippen molar-refractivity contribution in [2.45, 2.75) is 38.8 Å². The number of carboxylic acid groups (broad SMARTS) is 1. The lowest BCUT2D eigenvalue weighted by Gasteiger charge is -2.28. The van der Waals surface area contributed by atoms with Crippen LogP contribution in [-0.2, 0) is 14.4 Å². The van der Waals surface area contributed by atoms with Gasteiger partial charge in [0.05, 0.1) is 19.0 Å². The lowest BCUT2D eigenvalue weighted by atomic mass is 10.2. The lowest BCUT2D eigenvalue weighted by molar-refractivity contribution is -0.143. The molecule has 21 heavy (non-hydrogen) atoms. The fraction of sp³-hybridized carbons (Fsp3) is 0.786. The first-order valence-electron chi connectivity index (χ1n) is 7.24. The number of hydrogen-bond acceptors (Lipinski definition) is 5. The molecule has 0 spiro atoms. The molecule has 120 valence electrons. The van der Waals surface area contributed by atoms with Gasteiger partial charge >= 0.3 is 5.97 Å². The van der Waals surface area contributed by atoms with Crippen molar-refractivity contribution in [1.29, 1.82) is 0 Å². The fourth-order valence-corrected chi connectivity index (χ4v) is 2.41. The first-order valence-corrected chi connectivity index (χ1v) is 7.24. The maximum absolute atomic E-state index is 12.4. The molecule has 1 heterocycles. The lowest BCUT2D eigenvalue weighted by Crippen LogP contribution is -2.48. The van der Waals surface area contributed by atoms with Crippen LogP contribution in [0, 0.1) is 0 Å². The normalized spacial score (nSPS) is 20.7. The molecular formula is C14H25N3O4. The van der Waals surface area contributed by atoms with Crippen molar-refractivity contribution in [3.05, 3.63) is 0 Å². The second-order valence-corrected chi connectivity index (χ2v) is 5.75. The molecule has 0 aromatic rings. The molecule has 0 aliphatic carbocycles. The molecule has 0 saturated carbocycles. The highest BCUT2D eigenvalue weighted by atomic mass is 16.4. The van der Waals surface area contributed by atoms with E-state index in [-0.39, 0.29) is 30.8 Å². The average molecular weight is 299 g/mol. The molecule has 1 aliphatic rings. The molecule has 0 aromatic heterocycles. The Morgan fingerprint density at radius 1 is 1.38 bits per heavy atom. The van der Waals surface area contributed by atoms with E-state index in [4.69, 9.17) is 5.11 Å². The van der Waals surface area contributed by atoms with Crippen LogP contribution in [0.1, 0.15) is 26.7 Å². The Bertz CT molecular complexity index is 411. The predicted molar refractivity (Wildman–Crippen MR) is 77.8 cm³/mol. The van der Waals surface area contributed by atoms with Gasteiger partial charge in [0.1, 0.15) is 0 Å². The molecular weight excluding hydrogens is 274 g/mol. The van der Waals surface area contributed by atoms with E-state index in [1.807, 2.05) is 32.8 Å². The number of carboxylic acids is 1. The largest absolute Gasteiger partial charge is 0.480 e. The van der Waals surface area contributed by atoms with Crippen molar-refractivity contribution in [3.63, 3.8) is 0 Å². The monoisotopic (exact) mass is 299 g/mol. The number of likely N-dealkylation sites (tertiary alicyclic amines) is 1. The van der Waals surface area contributed by atoms with Crippen molar-refractivity contribution in [2.75, 3.05) is 33.7 Å². The summed E-state index contributed by atoms with van der Waals surface area (Å²) >= 11 is 0. The summed E-state index contributed by atoms with van der Waals surface area (Å²) in [6.07, 6.45) is 0.769. The molecule has 7 heteroatoms. The van der Waals surface area contributed by atoms with Gasteiger partial charge in [0, 0.05) is 19.1 Å². The van der Waals surface area contributed by atoms with E-state index < -0.39 is 12.0 Å². The fourth-order valence-electron chi connectivity index (χ4n) is 2.41. The van der Waals surface area contributed by atoms with Gasteiger partial charge in [-0.25, -0.2) is 0 Å². The van der Waals surface area contributed by atoms with Gasteiger partial charge in [-0.3, -0.25) is 24.2 Å². The van der Waals surface area contributed by atoms with E-state index in [2.05, 4.69) is 0 Å².